The van der Waals surface area contributed by atoms with Gasteiger partial charge < -0.3 is 5.32 Å². The number of nitrogens with one attached hydrogen (secondary N) is 2. The largest absolute Gasteiger partial charge is 0.316 e. The van der Waals surface area contributed by atoms with Gasteiger partial charge in [0.1, 0.15) is 0 Å². The average Bonchev–Trinajstić information content (AvgIpc) is 3.11. The van der Waals surface area contributed by atoms with Crippen molar-refractivity contribution in [2.45, 2.75) is 57.5 Å². The summed E-state index contributed by atoms with van der Waals surface area (Å²) >= 11 is 0. The molecule has 0 aromatic heterocycles. The molecular formula is C16H26N2O2S. The maximum absolute atomic E-state index is 12.6. The molecule has 0 radical (unpaired) electrons. The van der Waals surface area contributed by atoms with E-state index in [1.807, 2.05) is 27.0 Å². The van der Waals surface area contributed by atoms with E-state index in [0.717, 1.165) is 36.0 Å². The molecule has 0 spiro atoms. The van der Waals surface area contributed by atoms with Crippen LogP contribution >= 0.6 is 0 Å². The molecule has 118 valence electrons. The van der Waals surface area contributed by atoms with Gasteiger partial charge in [-0.15, -0.1) is 0 Å². The van der Waals surface area contributed by atoms with Crippen LogP contribution < -0.4 is 10.0 Å². The zero-order chi connectivity index (χ0) is 15.6. The van der Waals surface area contributed by atoms with E-state index in [4.69, 9.17) is 0 Å². The van der Waals surface area contributed by atoms with Crippen LogP contribution in [0.2, 0.25) is 0 Å². The van der Waals surface area contributed by atoms with E-state index in [2.05, 4.69) is 17.0 Å². The Morgan fingerprint density at radius 3 is 2.62 bits per heavy atom. The Morgan fingerprint density at radius 1 is 1.29 bits per heavy atom. The molecule has 1 aliphatic carbocycles. The van der Waals surface area contributed by atoms with E-state index in [1.165, 1.54) is 0 Å². The third kappa shape index (κ3) is 3.84. The predicted molar refractivity (Wildman–Crippen MR) is 85.8 cm³/mol. The summed E-state index contributed by atoms with van der Waals surface area (Å²) < 4.78 is 28.1. The monoisotopic (exact) mass is 310 g/mol. The molecule has 2 atom stereocenters. The lowest BCUT2D eigenvalue weighted by Gasteiger charge is -2.13. The Morgan fingerprint density at radius 2 is 2.00 bits per heavy atom. The summed E-state index contributed by atoms with van der Waals surface area (Å²) in [5, 5.41) is 3.07. The van der Waals surface area contributed by atoms with E-state index in [-0.39, 0.29) is 6.04 Å². The molecule has 0 saturated heterocycles. The minimum Gasteiger partial charge on any atom is -0.316 e. The van der Waals surface area contributed by atoms with E-state index in [1.54, 1.807) is 6.07 Å². The molecular weight excluding hydrogens is 284 g/mol. The number of aryl methyl sites for hydroxylation is 1. The molecule has 1 aromatic carbocycles. The summed E-state index contributed by atoms with van der Waals surface area (Å²) in [4.78, 5) is 0.426. The van der Waals surface area contributed by atoms with Crippen molar-refractivity contribution in [2.24, 2.45) is 5.92 Å². The second-order valence-corrected chi connectivity index (χ2v) is 7.76. The molecule has 5 heteroatoms. The lowest BCUT2D eigenvalue weighted by molar-refractivity contribution is 0.572. The highest BCUT2D eigenvalue weighted by Gasteiger charge is 2.39. The topological polar surface area (TPSA) is 58.2 Å². The third-order valence-corrected chi connectivity index (χ3v) is 5.85. The van der Waals surface area contributed by atoms with Crippen molar-refractivity contribution in [3.63, 3.8) is 0 Å². The molecule has 21 heavy (non-hydrogen) atoms. The first-order valence-corrected chi connectivity index (χ1v) is 9.14. The highest BCUT2D eigenvalue weighted by molar-refractivity contribution is 7.89. The fourth-order valence-electron chi connectivity index (χ4n) is 2.83. The van der Waals surface area contributed by atoms with Crippen LogP contribution in [-0.2, 0) is 16.6 Å². The fourth-order valence-corrected chi connectivity index (χ4v) is 4.51. The van der Waals surface area contributed by atoms with Crippen LogP contribution in [-0.4, -0.2) is 21.5 Å². The van der Waals surface area contributed by atoms with Crippen molar-refractivity contribution in [1.29, 1.82) is 0 Å². The maximum atomic E-state index is 12.6. The Hall–Kier alpha value is -0.910. The number of benzene rings is 1. The highest BCUT2D eigenvalue weighted by atomic mass is 32.2. The first kappa shape index (κ1) is 16.5. The summed E-state index contributed by atoms with van der Waals surface area (Å²) in [6, 6.07) is 3.96. The standard InChI is InChI=1S/C16H26N2O2S/c1-5-6-14-9-15(14)18-21(19,20)16-8-13(10-17-4)7-11(2)12(16)3/h7-8,14-15,17-18H,5-6,9-10H2,1-4H3. The van der Waals surface area contributed by atoms with Gasteiger partial charge in [0, 0.05) is 12.6 Å². The van der Waals surface area contributed by atoms with Crippen LogP contribution in [0.4, 0.5) is 0 Å². The number of hydrogen-bond acceptors (Lipinski definition) is 3. The van der Waals surface area contributed by atoms with Gasteiger partial charge in [-0.25, -0.2) is 13.1 Å². The molecule has 0 aliphatic heterocycles. The number of sulfonamides is 1. The van der Waals surface area contributed by atoms with Gasteiger partial charge in [0.25, 0.3) is 0 Å². The van der Waals surface area contributed by atoms with Gasteiger partial charge in [-0.3, -0.25) is 0 Å². The Labute approximate surface area is 128 Å². The highest BCUT2D eigenvalue weighted by Crippen LogP contribution is 2.36. The van der Waals surface area contributed by atoms with Gasteiger partial charge in [0.2, 0.25) is 10.0 Å². The Balaban J connectivity index is 2.23. The first-order chi connectivity index (χ1) is 9.89. The maximum Gasteiger partial charge on any atom is 0.241 e. The molecule has 1 aliphatic rings. The van der Waals surface area contributed by atoms with E-state index >= 15 is 0 Å². The zero-order valence-electron chi connectivity index (χ0n) is 13.4. The molecule has 2 N–H and O–H groups in total. The quantitative estimate of drug-likeness (QED) is 0.813. The Kier molecular flexibility index (Phi) is 5.07. The van der Waals surface area contributed by atoms with Crippen molar-refractivity contribution >= 4 is 10.0 Å². The summed E-state index contributed by atoms with van der Waals surface area (Å²) in [6.07, 6.45) is 3.19. The predicted octanol–water partition coefficient (Wildman–Crippen LogP) is 2.49. The molecule has 0 amide bonds. The second-order valence-electron chi connectivity index (χ2n) is 6.08. The SMILES string of the molecule is CCCC1CC1NS(=O)(=O)c1cc(CNC)cc(C)c1C. The number of hydrogen-bond donors (Lipinski definition) is 2. The normalized spacial score (nSPS) is 21.5. The first-order valence-electron chi connectivity index (χ1n) is 7.66. The van der Waals surface area contributed by atoms with Crippen molar-refractivity contribution in [1.82, 2.24) is 10.0 Å². The molecule has 0 heterocycles. The summed E-state index contributed by atoms with van der Waals surface area (Å²) in [5.41, 5.74) is 2.86. The smallest absolute Gasteiger partial charge is 0.241 e. The molecule has 4 nitrogen and oxygen atoms in total. The molecule has 1 saturated carbocycles. The summed E-state index contributed by atoms with van der Waals surface area (Å²) in [6.45, 7) is 6.65. The summed E-state index contributed by atoms with van der Waals surface area (Å²) in [5.74, 6) is 0.520. The molecule has 2 unspecified atom stereocenters. The summed E-state index contributed by atoms with van der Waals surface area (Å²) in [7, 11) is -1.56. The van der Waals surface area contributed by atoms with E-state index in [0.29, 0.717) is 17.4 Å². The minimum atomic E-state index is -3.42. The lowest BCUT2D eigenvalue weighted by Crippen LogP contribution is -2.28. The average molecular weight is 310 g/mol. The molecule has 0 bridgehead atoms. The van der Waals surface area contributed by atoms with Gasteiger partial charge in [0.15, 0.2) is 0 Å². The molecule has 1 fully saturated rings. The van der Waals surface area contributed by atoms with Gasteiger partial charge in [-0.1, -0.05) is 19.4 Å². The zero-order valence-corrected chi connectivity index (χ0v) is 14.2. The van der Waals surface area contributed by atoms with Crippen molar-refractivity contribution in [3.05, 3.63) is 28.8 Å². The van der Waals surface area contributed by atoms with Crippen LogP contribution in [0.25, 0.3) is 0 Å². The van der Waals surface area contributed by atoms with E-state index in [9.17, 15) is 8.42 Å². The van der Waals surface area contributed by atoms with Gasteiger partial charge in [-0.2, -0.15) is 0 Å². The van der Waals surface area contributed by atoms with Crippen LogP contribution in [0.3, 0.4) is 0 Å². The van der Waals surface area contributed by atoms with Gasteiger partial charge in [-0.05, 0) is 62.4 Å². The second kappa shape index (κ2) is 6.46. The van der Waals surface area contributed by atoms with Crippen LogP contribution in [0.1, 0.15) is 42.9 Å². The van der Waals surface area contributed by atoms with Crippen molar-refractivity contribution in [3.8, 4) is 0 Å². The minimum absolute atomic E-state index is 0.127. The van der Waals surface area contributed by atoms with Crippen LogP contribution in [0.5, 0.6) is 0 Å². The van der Waals surface area contributed by atoms with E-state index < -0.39 is 10.0 Å². The van der Waals surface area contributed by atoms with Crippen LogP contribution in [0, 0.1) is 19.8 Å². The van der Waals surface area contributed by atoms with Gasteiger partial charge in [0.05, 0.1) is 4.90 Å². The lowest BCUT2D eigenvalue weighted by atomic mass is 10.1. The van der Waals surface area contributed by atoms with Crippen molar-refractivity contribution in [2.75, 3.05) is 7.05 Å². The van der Waals surface area contributed by atoms with Crippen LogP contribution in [0.15, 0.2) is 17.0 Å². The Bertz CT molecular complexity index is 611. The molecule has 2 rings (SSSR count). The third-order valence-electron chi connectivity index (χ3n) is 4.24. The molecule has 1 aromatic rings. The fraction of sp³-hybridized carbons (Fsp3) is 0.625. The van der Waals surface area contributed by atoms with Gasteiger partial charge >= 0.3 is 0 Å². The number of rotatable bonds is 7. The van der Waals surface area contributed by atoms with Crippen molar-refractivity contribution < 1.29 is 8.42 Å².